The van der Waals surface area contributed by atoms with E-state index in [1.54, 1.807) is 43.8 Å². The first-order valence-corrected chi connectivity index (χ1v) is 11.4. The standard InChI is InChI=1S/C22H19ClN4O5S/c1-30-20-9-16(32-13-15-4-6-17(11-24-15)33(28,29)31-2)5-7-18(20)19-12-26-22(27-19)14-3-8-21(23)25-10-14/h3-12H,13H2,1-2H3,(H,26,27). The number of hydrogen-bond acceptors (Lipinski definition) is 8. The molecule has 0 amide bonds. The lowest BCUT2D eigenvalue weighted by Crippen LogP contribution is -2.05. The second-order valence-electron chi connectivity index (χ2n) is 6.76. The summed E-state index contributed by atoms with van der Waals surface area (Å²) < 4.78 is 39.2. The first-order valence-electron chi connectivity index (χ1n) is 9.64. The fraction of sp³-hybridized carbons (Fsp3) is 0.136. The SMILES string of the molecule is COc1cc(OCc2ccc(S(=O)(=O)OC)cn2)ccc1-c1c[nH]c(-c2ccc(Cl)nc2)n1. The number of hydrogen-bond donors (Lipinski definition) is 1. The van der Waals surface area contributed by atoms with Crippen molar-refractivity contribution in [3.8, 4) is 34.1 Å². The van der Waals surface area contributed by atoms with Gasteiger partial charge in [0.2, 0.25) is 0 Å². The molecule has 3 aromatic heterocycles. The highest BCUT2D eigenvalue weighted by atomic mass is 35.5. The molecule has 1 N–H and O–H groups in total. The van der Waals surface area contributed by atoms with Crippen LogP contribution >= 0.6 is 11.6 Å². The van der Waals surface area contributed by atoms with E-state index >= 15 is 0 Å². The first-order chi connectivity index (χ1) is 15.9. The molecule has 0 radical (unpaired) electrons. The number of aromatic amines is 1. The van der Waals surface area contributed by atoms with E-state index in [1.165, 1.54) is 12.3 Å². The molecule has 1 aromatic carbocycles. The lowest BCUT2D eigenvalue weighted by atomic mass is 10.1. The Morgan fingerprint density at radius 2 is 1.88 bits per heavy atom. The van der Waals surface area contributed by atoms with Crippen LogP contribution in [0.1, 0.15) is 5.69 Å². The molecule has 9 nitrogen and oxygen atoms in total. The highest BCUT2D eigenvalue weighted by Gasteiger charge is 2.14. The van der Waals surface area contributed by atoms with Gasteiger partial charge in [-0.05, 0) is 36.4 Å². The number of H-pyrrole nitrogens is 1. The lowest BCUT2D eigenvalue weighted by molar-refractivity contribution is 0.299. The van der Waals surface area contributed by atoms with Gasteiger partial charge in [-0.25, -0.2) is 9.97 Å². The minimum atomic E-state index is -3.78. The van der Waals surface area contributed by atoms with E-state index in [9.17, 15) is 8.42 Å². The van der Waals surface area contributed by atoms with Crippen LogP contribution in [0.3, 0.4) is 0 Å². The maximum absolute atomic E-state index is 11.7. The summed E-state index contributed by atoms with van der Waals surface area (Å²) in [6, 6.07) is 11.9. The van der Waals surface area contributed by atoms with Crippen LogP contribution in [-0.4, -0.2) is 42.6 Å². The molecule has 0 aliphatic heterocycles. The number of rotatable bonds is 8. The molecular formula is C22H19ClN4O5S. The number of methoxy groups -OCH3 is 1. The third-order valence-electron chi connectivity index (χ3n) is 4.72. The number of nitrogens with one attached hydrogen (secondary N) is 1. The average molecular weight is 487 g/mol. The Morgan fingerprint density at radius 1 is 1.03 bits per heavy atom. The van der Waals surface area contributed by atoms with Crippen molar-refractivity contribution >= 4 is 21.7 Å². The fourth-order valence-corrected chi connectivity index (χ4v) is 3.71. The van der Waals surface area contributed by atoms with Gasteiger partial charge in [0.25, 0.3) is 10.1 Å². The minimum Gasteiger partial charge on any atom is -0.496 e. The molecule has 0 atom stereocenters. The van der Waals surface area contributed by atoms with Crippen molar-refractivity contribution in [1.29, 1.82) is 0 Å². The normalized spacial score (nSPS) is 11.4. The number of halogens is 1. The number of pyridine rings is 2. The average Bonchev–Trinajstić information content (AvgIpc) is 3.33. The second-order valence-corrected chi connectivity index (χ2v) is 8.86. The quantitative estimate of drug-likeness (QED) is 0.292. The topological polar surface area (TPSA) is 116 Å². The Bertz CT molecular complexity index is 1360. The molecule has 0 saturated carbocycles. The van der Waals surface area contributed by atoms with Crippen molar-refractivity contribution < 1.29 is 22.1 Å². The van der Waals surface area contributed by atoms with Crippen molar-refractivity contribution in [1.82, 2.24) is 19.9 Å². The van der Waals surface area contributed by atoms with Crippen LogP contribution < -0.4 is 9.47 Å². The highest BCUT2D eigenvalue weighted by molar-refractivity contribution is 7.86. The van der Waals surface area contributed by atoms with Gasteiger partial charge in [0.1, 0.15) is 34.0 Å². The van der Waals surface area contributed by atoms with Gasteiger partial charge in [-0.2, -0.15) is 8.42 Å². The first kappa shape index (κ1) is 22.7. The predicted octanol–water partition coefficient (Wildman–Crippen LogP) is 4.11. The van der Waals surface area contributed by atoms with Crippen molar-refractivity contribution in [3.63, 3.8) is 0 Å². The van der Waals surface area contributed by atoms with E-state index in [4.69, 9.17) is 21.1 Å². The molecule has 0 fully saturated rings. The Balaban J connectivity index is 1.49. The monoisotopic (exact) mass is 486 g/mol. The highest BCUT2D eigenvalue weighted by Crippen LogP contribution is 2.33. The summed E-state index contributed by atoms with van der Waals surface area (Å²) in [7, 11) is -1.11. The van der Waals surface area contributed by atoms with Crippen molar-refractivity contribution in [2.45, 2.75) is 11.5 Å². The van der Waals surface area contributed by atoms with Crippen LogP contribution in [0, 0.1) is 0 Å². The summed E-state index contributed by atoms with van der Waals surface area (Å²) in [6.07, 6.45) is 4.65. The summed E-state index contributed by atoms with van der Waals surface area (Å²) in [5.41, 5.74) is 2.84. The molecule has 11 heteroatoms. The third-order valence-corrected chi connectivity index (χ3v) is 6.20. The Morgan fingerprint density at radius 3 is 2.55 bits per heavy atom. The summed E-state index contributed by atoms with van der Waals surface area (Å²) >= 11 is 5.85. The molecule has 3 heterocycles. The zero-order chi connectivity index (χ0) is 23.4. The van der Waals surface area contributed by atoms with Crippen LogP contribution in [0.4, 0.5) is 0 Å². The van der Waals surface area contributed by atoms with Crippen LogP contribution in [0.5, 0.6) is 11.5 Å². The summed E-state index contributed by atoms with van der Waals surface area (Å²) in [5.74, 6) is 1.79. The van der Waals surface area contributed by atoms with E-state index in [1.807, 2.05) is 12.1 Å². The van der Waals surface area contributed by atoms with Crippen LogP contribution in [0.25, 0.3) is 22.6 Å². The Labute approximate surface area is 195 Å². The summed E-state index contributed by atoms with van der Waals surface area (Å²) in [4.78, 5) is 15.9. The number of nitrogens with zero attached hydrogens (tertiary/aromatic N) is 3. The summed E-state index contributed by atoms with van der Waals surface area (Å²) in [6.45, 7) is 0.145. The van der Waals surface area contributed by atoms with E-state index in [0.717, 1.165) is 18.2 Å². The van der Waals surface area contributed by atoms with Crippen molar-refractivity contribution in [2.75, 3.05) is 14.2 Å². The van der Waals surface area contributed by atoms with Crippen LogP contribution in [0.15, 0.2) is 66.0 Å². The molecule has 4 aromatic rings. The van der Waals surface area contributed by atoms with Crippen LogP contribution in [0.2, 0.25) is 5.15 Å². The lowest BCUT2D eigenvalue weighted by Gasteiger charge is -2.11. The zero-order valence-corrected chi connectivity index (χ0v) is 19.2. The van der Waals surface area contributed by atoms with E-state index in [2.05, 4.69) is 24.1 Å². The maximum atomic E-state index is 11.7. The molecule has 0 aliphatic rings. The number of ether oxygens (including phenoxy) is 2. The van der Waals surface area contributed by atoms with Gasteiger partial charge in [0.05, 0.1) is 25.6 Å². The van der Waals surface area contributed by atoms with Gasteiger partial charge >= 0.3 is 0 Å². The third kappa shape index (κ3) is 5.14. The van der Waals surface area contributed by atoms with Crippen molar-refractivity contribution in [2.24, 2.45) is 0 Å². The van der Waals surface area contributed by atoms with Gasteiger partial charge in [-0.1, -0.05) is 11.6 Å². The maximum Gasteiger partial charge on any atom is 0.298 e. The number of imidazole rings is 1. The van der Waals surface area contributed by atoms with Gasteiger partial charge in [0, 0.05) is 35.8 Å². The van der Waals surface area contributed by atoms with Gasteiger partial charge in [-0.3, -0.25) is 9.17 Å². The molecular weight excluding hydrogens is 468 g/mol. The molecule has 170 valence electrons. The second kappa shape index (κ2) is 9.57. The molecule has 33 heavy (non-hydrogen) atoms. The molecule has 4 rings (SSSR count). The van der Waals surface area contributed by atoms with E-state index < -0.39 is 10.1 Å². The smallest absolute Gasteiger partial charge is 0.298 e. The van der Waals surface area contributed by atoms with Gasteiger partial charge in [0.15, 0.2) is 0 Å². The molecule has 0 spiro atoms. The summed E-state index contributed by atoms with van der Waals surface area (Å²) in [5, 5.41) is 0.411. The largest absolute Gasteiger partial charge is 0.496 e. The molecule has 0 saturated heterocycles. The molecule has 0 bridgehead atoms. The number of aromatic nitrogens is 4. The van der Waals surface area contributed by atoms with Crippen molar-refractivity contribution in [3.05, 3.63) is 71.9 Å². The number of benzene rings is 1. The minimum absolute atomic E-state index is 0.0208. The Kier molecular flexibility index (Phi) is 6.59. The Hall–Kier alpha value is -3.47. The van der Waals surface area contributed by atoms with E-state index in [0.29, 0.717) is 33.9 Å². The van der Waals surface area contributed by atoms with E-state index in [-0.39, 0.29) is 11.5 Å². The molecule has 0 aliphatic carbocycles. The van der Waals surface area contributed by atoms with Gasteiger partial charge in [-0.15, -0.1) is 0 Å². The fourth-order valence-electron chi connectivity index (χ4n) is 2.99. The predicted molar refractivity (Wildman–Crippen MR) is 122 cm³/mol. The zero-order valence-electron chi connectivity index (χ0n) is 17.6. The molecule has 0 unspecified atom stereocenters. The van der Waals surface area contributed by atoms with Crippen LogP contribution in [-0.2, 0) is 20.9 Å². The van der Waals surface area contributed by atoms with Gasteiger partial charge < -0.3 is 14.5 Å².